The SMILES string of the molecule is FSc1ccccc1-c1cc2ccccc2c2ccccc12. The monoisotopic (exact) mass is 304 g/mol. The standard InChI is InChI=1S/C20H13FS/c21-22-20-12-6-5-11-18(20)19-13-14-7-1-2-8-15(14)16-9-3-4-10-17(16)19/h1-13H. The zero-order valence-corrected chi connectivity index (χ0v) is 12.6. The summed E-state index contributed by atoms with van der Waals surface area (Å²) in [5, 5.41) is 4.76. The lowest BCUT2D eigenvalue weighted by atomic mass is 9.93. The highest BCUT2D eigenvalue weighted by molar-refractivity contribution is 7.94. The van der Waals surface area contributed by atoms with Crippen molar-refractivity contribution in [1.29, 1.82) is 0 Å². The van der Waals surface area contributed by atoms with Gasteiger partial charge in [0, 0.05) is 4.90 Å². The van der Waals surface area contributed by atoms with E-state index >= 15 is 0 Å². The maximum Gasteiger partial charge on any atom is 0.0818 e. The van der Waals surface area contributed by atoms with Gasteiger partial charge in [0.2, 0.25) is 0 Å². The van der Waals surface area contributed by atoms with Gasteiger partial charge in [-0.1, -0.05) is 66.7 Å². The van der Waals surface area contributed by atoms with Crippen LogP contribution < -0.4 is 0 Å². The van der Waals surface area contributed by atoms with Crippen molar-refractivity contribution in [2.45, 2.75) is 4.90 Å². The van der Waals surface area contributed by atoms with Gasteiger partial charge in [-0.2, -0.15) is 3.89 Å². The third-order valence-corrected chi connectivity index (χ3v) is 4.55. The number of hydrogen-bond acceptors (Lipinski definition) is 1. The largest absolute Gasteiger partial charge is 0.160 e. The highest BCUT2D eigenvalue weighted by atomic mass is 32.2. The third kappa shape index (κ3) is 2.08. The van der Waals surface area contributed by atoms with Gasteiger partial charge in [0.05, 0.1) is 12.1 Å². The fourth-order valence-corrected chi connectivity index (χ4v) is 3.42. The van der Waals surface area contributed by atoms with E-state index in [9.17, 15) is 3.89 Å². The van der Waals surface area contributed by atoms with Crippen LogP contribution >= 0.6 is 12.1 Å². The molecule has 106 valence electrons. The first-order valence-corrected chi connectivity index (χ1v) is 7.88. The predicted octanol–water partition coefficient (Wildman–Crippen LogP) is 6.64. The highest BCUT2D eigenvalue weighted by Crippen LogP contribution is 2.39. The molecule has 0 atom stereocenters. The number of fused-ring (bicyclic) bond motifs is 3. The van der Waals surface area contributed by atoms with Gasteiger partial charge in [0.1, 0.15) is 0 Å². The second kappa shape index (κ2) is 5.47. The molecule has 0 saturated carbocycles. The first kappa shape index (κ1) is 13.4. The molecule has 0 aliphatic carbocycles. The Labute approximate surface area is 132 Å². The van der Waals surface area contributed by atoms with Crippen molar-refractivity contribution >= 4 is 33.7 Å². The third-order valence-electron chi connectivity index (χ3n) is 4.03. The van der Waals surface area contributed by atoms with E-state index in [2.05, 4.69) is 36.4 Å². The molecule has 0 fully saturated rings. The molecule has 0 radical (unpaired) electrons. The number of rotatable bonds is 2. The molecule has 0 spiro atoms. The van der Waals surface area contributed by atoms with E-state index in [4.69, 9.17) is 0 Å². The summed E-state index contributed by atoms with van der Waals surface area (Å²) in [6.07, 6.45) is 0. The predicted molar refractivity (Wildman–Crippen MR) is 93.9 cm³/mol. The molecule has 2 heteroatoms. The Bertz CT molecular complexity index is 975. The Balaban J connectivity index is 2.16. The average Bonchev–Trinajstić information content (AvgIpc) is 2.61. The maximum absolute atomic E-state index is 13.3. The summed E-state index contributed by atoms with van der Waals surface area (Å²) in [4.78, 5) is 0.655. The van der Waals surface area contributed by atoms with Crippen molar-refractivity contribution in [2.75, 3.05) is 0 Å². The summed E-state index contributed by atoms with van der Waals surface area (Å²) in [6.45, 7) is 0. The molecule has 0 aliphatic rings. The van der Waals surface area contributed by atoms with E-state index in [0.717, 1.165) is 16.5 Å². The van der Waals surface area contributed by atoms with E-state index in [1.807, 2.05) is 42.5 Å². The Morgan fingerprint density at radius 2 is 1.23 bits per heavy atom. The molecule has 22 heavy (non-hydrogen) atoms. The Morgan fingerprint density at radius 3 is 2.05 bits per heavy atom. The molecule has 0 nitrogen and oxygen atoms in total. The molecule has 0 unspecified atom stereocenters. The molecule has 0 heterocycles. The molecule has 4 aromatic rings. The Morgan fingerprint density at radius 1 is 0.591 bits per heavy atom. The maximum atomic E-state index is 13.3. The smallest absolute Gasteiger partial charge is 0.0818 e. The molecule has 0 saturated heterocycles. The second-order valence-corrected chi connectivity index (χ2v) is 5.86. The van der Waals surface area contributed by atoms with Gasteiger partial charge in [-0.3, -0.25) is 0 Å². The minimum Gasteiger partial charge on any atom is -0.160 e. The fraction of sp³-hybridized carbons (Fsp3) is 0. The summed E-state index contributed by atoms with van der Waals surface area (Å²) in [7, 11) is 0. The highest BCUT2D eigenvalue weighted by Gasteiger charge is 2.11. The summed E-state index contributed by atoms with van der Waals surface area (Å²) in [6, 6.07) is 26.5. The first-order valence-electron chi connectivity index (χ1n) is 7.17. The van der Waals surface area contributed by atoms with Gasteiger partial charge in [0.15, 0.2) is 0 Å². The number of hydrogen-bond donors (Lipinski definition) is 0. The molecular formula is C20H13FS. The lowest BCUT2D eigenvalue weighted by Crippen LogP contribution is -1.86. The van der Waals surface area contributed by atoms with Crippen LogP contribution in [0.2, 0.25) is 0 Å². The van der Waals surface area contributed by atoms with Gasteiger partial charge in [0.25, 0.3) is 0 Å². The Kier molecular flexibility index (Phi) is 3.32. The van der Waals surface area contributed by atoms with Crippen LogP contribution in [0.4, 0.5) is 3.89 Å². The van der Waals surface area contributed by atoms with Crippen molar-refractivity contribution in [2.24, 2.45) is 0 Å². The van der Waals surface area contributed by atoms with Gasteiger partial charge >= 0.3 is 0 Å². The van der Waals surface area contributed by atoms with Crippen LogP contribution in [0, 0.1) is 0 Å². The average molecular weight is 304 g/mol. The molecule has 0 bridgehead atoms. The second-order valence-electron chi connectivity index (χ2n) is 5.26. The van der Waals surface area contributed by atoms with E-state index in [1.165, 1.54) is 16.2 Å². The van der Waals surface area contributed by atoms with Crippen molar-refractivity contribution in [3.8, 4) is 11.1 Å². The van der Waals surface area contributed by atoms with Crippen LogP contribution in [0.5, 0.6) is 0 Å². The first-order chi connectivity index (χ1) is 10.9. The molecular weight excluding hydrogens is 291 g/mol. The Hall–Kier alpha value is -2.32. The van der Waals surface area contributed by atoms with Crippen molar-refractivity contribution in [1.82, 2.24) is 0 Å². The summed E-state index contributed by atoms with van der Waals surface area (Å²) < 4.78 is 13.3. The quantitative estimate of drug-likeness (QED) is 0.374. The molecule has 0 aromatic heterocycles. The summed E-state index contributed by atoms with van der Waals surface area (Å²) in [5.41, 5.74) is 2.02. The minimum absolute atomic E-state index is 0.304. The van der Waals surface area contributed by atoms with Crippen molar-refractivity contribution in [3.05, 3.63) is 78.9 Å². The normalized spacial score (nSPS) is 11.1. The van der Waals surface area contributed by atoms with Crippen LogP contribution in [0.25, 0.3) is 32.7 Å². The van der Waals surface area contributed by atoms with Gasteiger partial charge in [-0.25, -0.2) is 0 Å². The molecule has 4 aromatic carbocycles. The van der Waals surface area contributed by atoms with Gasteiger partial charge in [-0.05, 0) is 44.8 Å². The van der Waals surface area contributed by atoms with Gasteiger partial charge < -0.3 is 0 Å². The zero-order chi connectivity index (χ0) is 14.9. The van der Waals surface area contributed by atoms with E-state index in [-0.39, 0.29) is 0 Å². The lowest BCUT2D eigenvalue weighted by Gasteiger charge is -2.12. The molecule has 0 aliphatic heterocycles. The van der Waals surface area contributed by atoms with Crippen LogP contribution in [0.15, 0.2) is 83.8 Å². The van der Waals surface area contributed by atoms with E-state index in [1.54, 1.807) is 0 Å². The molecule has 0 amide bonds. The minimum atomic E-state index is 0.304. The van der Waals surface area contributed by atoms with E-state index in [0.29, 0.717) is 17.0 Å². The van der Waals surface area contributed by atoms with E-state index < -0.39 is 0 Å². The van der Waals surface area contributed by atoms with Crippen molar-refractivity contribution < 1.29 is 3.89 Å². The molecule has 4 rings (SSSR count). The zero-order valence-electron chi connectivity index (χ0n) is 11.8. The fourth-order valence-electron chi connectivity index (χ4n) is 3.03. The van der Waals surface area contributed by atoms with Crippen LogP contribution in [0.1, 0.15) is 0 Å². The molecule has 0 N–H and O–H groups in total. The number of halogens is 1. The van der Waals surface area contributed by atoms with Crippen LogP contribution in [-0.4, -0.2) is 0 Å². The van der Waals surface area contributed by atoms with Crippen molar-refractivity contribution in [3.63, 3.8) is 0 Å². The topological polar surface area (TPSA) is 0 Å². The van der Waals surface area contributed by atoms with Gasteiger partial charge in [-0.15, -0.1) is 0 Å². The van der Waals surface area contributed by atoms with Crippen LogP contribution in [0.3, 0.4) is 0 Å². The van der Waals surface area contributed by atoms with Crippen LogP contribution in [-0.2, 0) is 0 Å². The summed E-state index contributed by atoms with van der Waals surface area (Å²) >= 11 is 0.304. The lowest BCUT2D eigenvalue weighted by molar-refractivity contribution is 0.935. The summed E-state index contributed by atoms with van der Waals surface area (Å²) in [5.74, 6) is 0. The number of benzene rings is 4.